The van der Waals surface area contributed by atoms with E-state index in [-0.39, 0.29) is 6.04 Å². The largest absolute Gasteiger partial charge is 0.309 e. The molecule has 2 heteroatoms. The quantitative estimate of drug-likeness (QED) is 0.887. The van der Waals surface area contributed by atoms with Crippen LogP contribution in [-0.4, -0.2) is 7.05 Å². The lowest BCUT2D eigenvalue weighted by molar-refractivity contribution is 0.690. The first kappa shape index (κ1) is 13.3. The van der Waals surface area contributed by atoms with Crippen LogP contribution in [0.25, 0.3) is 0 Å². The van der Waals surface area contributed by atoms with E-state index >= 15 is 0 Å². The summed E-state index contributed by atoms with van der Waals surface area (Å²) in [5, 5.41) is 3.39. The first-order valence-electron chi connectivity index (χ1n) is 6.26. The van der Waals surface area contributed by atoms with Crippen molar-refractivity contribution < 1.29 is 0 Å². The number of hydrogen-bond acceptors (Lipinski definition) is 1. The van der Waals surface area contributed by atoms with E-state index in [4.69, 9.17) is 0 Å². The first-order chi connectivity index (χ1) is 8.74. The molecule has 0 aliphatic heterocycles. The summed E-state index contributed by atoms with van der Waals surface area (Å²) < 4.78 is 1.11. The van der Waals surface area contributed by atoms with Gasteiger partial charge in [-0.1, -0.05) is 59.3 Å². The Bertz CT molecular complexity index is 505. The molecule has 0 bridgehead atoms. The third-order valence-corrected chi connectivity index (χ3v) is 3.71. The second-order valence-corrected chi connectivity index (χ2v) is 5.29. The van der Waals surface area contributed by atoms with Crippen LogP contribution in [0.15, 0.2) is 53.0 Å². The van der Waals surface area contributed by atoms with Crippen molar-refractivity contribution in [3.05, 3.63) is 69.7 Å². The summed E-state index contributed by atoms with van der Waals surface area (Å²) in [7, 11) is 2.01. The Morgan fingerprint density at radius 1 is 1.06 bits per heavy atom. The molecule has 1 N–H and O–H groups in total. The molecule has 2 rings (SSSR count). The Morgan fingerprint density at radius 3 is 2.39 bits per heavy atom. The fraction of sp³-hybridized carbons (Fsp3) is 0.250. The van der Waals surface area contributed by atoms with Gasteiger partial charge in [0.1, 0.15) is 0 Å². The van der Waals surface area contributed by atoms with Crippen LogP contribution in [0.4, 0.5) is 0 Å². The van der Waals surface area contributed by atoms with Crippen LogP contribution in [0.2, 0.25) is 0 Å². The van der Waals surface area contributed by atoms with Gasteiger partial charge < -0.3 is 5.32 Å². The van der Waals surface area contributed by atoms with Gasteiger partial charge in [-0.3, -0.25) is 0 Å². The highest BCUT2D eigenvalue weighted by molar-refractivity contribution is 9.10. The van der Waals surface area contributed by atoms with Crippen molar-refractivity contribution in [3.8, 4) is 0 Å². The van der Waals surface area contributed by atoms with Crippen molar-refractivity contribution >= 4 is 15.9 Å². The van der Waals surface area contributed by atoms with E-state index < -0.39 is 0 Å². The fourth-order valence-electron chi connectivity index (χ4n) is 2.17. The van der Waals surface area contributed by atoms with Crippen LogP contribution < -0.4 is 5.32 Å². The lowest BCUT2D eigenvalue weighted by Gasteiger charge is -2.18. The molecule has 0 saturated carbocycles. The number of benzene rings is 2. The molecule has 0 amide bonds. The van der Waals surface area contributed by atoms with Gasteiger partial charge in [0.05, 0.1) is 6.04 Å². The van der Waals surface area contributed by atoms with E-state index in [1.807, 2.05) is 7.05 Å². The molecule has 0 aromatic heterocycles. The number of rotatable bonds is 4. The zero-order valence-corrected chi connectivity index (χ0v) is 12.4. The number of hydrogen-bond donors (Lipinski definition) is 1. The maximum absolute atomic E-state index is 3.48. The molecule has 1 atom stereocenters. The zero-order chi connectivity index (χ0) is 13.0. The van der Waals surface area contributed by atoms with Crippen LogP contribution in [-0.2, 0) is 6.42 Å². The molecule has 0 aliphatic rings. The topological polar surface area (TPSA) is 12.0 Å². The standard InChI is InChI=1S/C16H18BrN/c1-3-12-5-4-6-14(11-12)16(18-2)13-7-9-15(17)10-8-13/h4-11,16,18H,3H2,1-2H3. The molecule has 18 heavy (non-hydrogen) atoms. The SMILES string of the molecule is CCc1cccc(C(NC)c2ccc(Br)cc2)c1. The Morgan fingerprint density at radius 2 is 1.78 bits per heavy atom. The third-order valence-electron chi connectivity index (χ3n) is 3.18. The minimum absolute atomic E-state index is 0.254. The van der Waals surface area contributed by atoms with Gasteiger partial charge in [-0.25, -0.2) is 0 Å². The Labute approximate surface area is 117 Å². The van der Waals surface area contributed by atoms with E-state index in [1.165, 1.54) is 16.7 Å². The molecule has 0 spiro atoms. The molecule has 1 unspecified atom stereocenters. The highest BCUT2D eigenvalue weighted by Gasteiger charge is 2.11. The second kappa shape index (κ2) is 6.17. The van der Waals surface area contributed by atoms with Crippen LogP contribution >= 0.6 is 15.9 Å². The van der Waals surface area contributed by atoms with E-state index in [1.54, 1.807) is 0 Å². The van der Waals surface area contributed by atoms with Gasteiger partial charge in [0.25, 0.3) is 0 Å². The molecule has 2 aromatic rings. The molecule has 1 nitrogen and oxygen atoms in total. The smallest absolute Gasteiger partial charge is 0.0574 e. The van der Waals surface area contributed by atoms with Crippen molar-refractivity contribution in [2.24, 2.45) is 0 Å². The number of nitrogens with one attached hydrogen (secondary N) is 1. The zero-order valence-electron chi connectivity index (χ0n) is 10.8. The maximum atomic E-state index is 3.48. The molecule has 0 aliphatic carbocycles. The summed E-state index contributed by atoms with van der Waals surface area (Å²) in [5.74, 6) is 0. The average molecular weight is 304 g/mol. The van der Waals surface area contributed by atoms with Gasteiger partial charge in [0, 0.05) is 4.47 Å². The van der Waals surface area contributed by atoms with Crippen molar-refractivity contribution in [1.82, 2.24) is 5.32 Å². The van der Waals surface area contributed by atoms with E-state index in [0.29, 0.717) is 0 Å². The van der Waals surface area contributed by atoms with Crippen LogP contribution in [0.5, 0.6) is 0 Å². The summed E-state index contributed by atoms with van der Waals surface area (Å²) in [4.78, 5) is 0. The summed E-state index contributed by atoms with van der Waals surface area (Å²) in [6.45, 7) is 2.19. The molecular weight excluding hydrogens is 286 g/mol. The Balaban J connectivity index is 2.35. The molecule has 0 radical (unpaired) electrons. The molecule has 0 fully saturated rings. The van der Waals surface area contributed by atoms with Gasteiger partial charge in [0.15, 0.2) is 0 Å². The summed E-state index contributed by atoms with van der Waals surface area (Å²) in [6.07, 6.45) is 1.07. The monoisotopic (exact) mass is 303 g/mol. The summed E-state index contributed by atoms with van der Waals surface area (Å²) in [6, 6.07) is 17.5. The van der Waals surface area contributed by atoms with E-state index in [2.05, 4.69) is 76.7 Å². The minimum atomic E-state index is 0.254. The normalized spacial score (nSPS) is 12.4. The number of aryl methyl sites for hydroxylation is 1. The lowest BCUT2D eigenvalue weighted by atomic mass is 9.97. The van der Waals surface area contributed by atoms with Crippen LogP contribution in [0, 0.1) is 0 Å². The average Bonchev–Trinajstić information content (AvgIpc) is 2.42. The predicted molar refractivity (Wildman–Crippen MR) is 80.9 cm³/mol. The molecule has 0 saturated heterocycles. The third kappa shape index (κ3) is 3.01. The lowest BCUT2D eigenvalue weighted by Crippen LogP contribution is -2.17. The minimum Gasteiger partial charge on any atom is -0.309 e. The van der Waals surface area contributed by atoms with E-state index in [9.17, 15) is 0 Å². The summed E-state index contributed by atoms with van der Waals surface area (Å²) >= 11 is 3.48. The van der Waals surface area contributed by atoms with Gasteiger partial charge >= 0.3 is 0 Å². The Kier molecular flexibility index (Phi) is 4.56. The molecular formula is C16H18BrN. The van der Waals surface area contributed by atoms with Crippen LogP contribution in [0.3, 0.4) is 0 Å². The van der Waals surface area contributed by atoms with Crippen molar-refractivity contribution in [1.29, 1.82) is 0 Å². The van der Waals surface area contributed by atoms with Crippen molar-refractivity contribution in [2.75, 3.05) is 7.05 Å². The highest BCUT2D eigenvalue weighted by Crippen LogP contribution is 2.24. The fourth-order valence-corrected chi connectivity index (χ4v) is 2.44. The van der Waals surface area contributed by atoms with Crippen molar-refractivity contribution in [3.63, 3.8) is 0 Å². The molecule has 0 heterocycles. The van der Waals surface area contributed by atoms with E-state index in [0.717, 1.165) is 10.9 Å². The second-order valence-electron chi connectivity index (χ2n) is 4.37. The molecule has 94 valence electrons. The summed E-state index contributed by atoms with van der Waals surface area (Å²) in [5.41, 5.74) is 3.98. The first-order valence-corrected chi connectivity index (χ1v) is 7.05. The van der Waals surface area contributed by atoms with Gasteiger partial charge in [-0.2, -0.15) is 0 Å². The number of halogens is 1. The van der Waals surface area contributed by atoms with Gasteiger partial charge in [-0.15, -0.1) is 0 Å². The van der Waals surface area contributed by atoms with Gasteiger partial charge in [-0.05, 0) is 42.3 Å². The maximum Gasteiger partial charge on any atom is 0.0574 e. The Hall–Kier alpha value is -1.12. The van der Waals surface area contributed by atoms with Crippen LogP contribution in [0.1, 0.15) is 29.7 Å². The highest BCUT2D eigenvalue weighted by atomic mass is 79.9. The predicted octanol–water partition coefficient (Wildman–Crippen LogP) is 4.32. The van der Waals surface area contributed by atoms with Crippen molar-refractivity contribution in [2.45, 2.75) is 19.4 Å². The van der Waals surface area contributed by atoms with Gasteiger partial charge in [0.2, 0.25) is 0 Å². The molecule has 2 aromatic carbocycles.